The van der Waals surface area contributed by atoms with Crippen molar-refractivity contribution in [3.63, 3.8) is 0 Å². The SMILES string of the molecule is O=C(O)c1cc(-c2ccc3cc[nH]c3c2)n[nH]1. The molecule has 0 fully saturated rings. The molecule has 0 aliphatic rings. The number of aromatic amines is 2. The van der Waals surface area contributed by atoms with E-state index < -0.39 is 5.97 Å². The summed E-state index contributed by atoms with van der Waals surface area (Å²) in [7, 11) is 0. The van der Waals surface area contributed by atoms with Crippen LogP contribution in [0.5, 0.6) is 0 Å². The van der Waals surface area contributed by atoms with Crippen LogP contribution in [0.25, 0.3) is 22.2 Å². The normalized spacial score (nSPS) is 10.8. The smallest absolute Gasteiger partial charge is 0.353 e. The van der Waals surface area contributed by atoms with Crippen molar-refractivity contribution in [2.75, 3.05) is 0 Å². The molecule has 0 aliphatic carbocycles. The van der Waals surface area contributed by atoms with Gasteiger partial charge in [0.15, 0.2) is 0 Å². The molecule has 3 rings (SSSR count). The third-order valence-electron chi connectivity index (χ3n) is 2.66. The number of H-pyrrole nitrogens is 2. The van der Waals surface area contributed by atoms with Crippen molar-refractivity contribution in [2.45, 2.75) is 0 Å². The van der Waals surface area contributed by atoms with Crippen LogP contribution in [0, 0.1) is 0 Å². The minimum Gasteiger partial charge on any atom is -0.477 e. The van der Waals surface area contributed by atoms with Crippen LogP contribution in [-0.4, -0.2) is 26.3 Å². The predicted molar refractivity (Wildman–Crippen MR) is 62.8 cm³/mol. The van der Waals surface area contributed by atoms with E-state index >= 15 is 0 Å². The number of hydrogen-bond donors (Lipinski definition) is 3. The van der Waals surface area contributed by atoms with Crippen molar-refractivity contribution in [1.29, 1.82) is 0 Å². The summed E-state index contributed by atoms with van der Waals surface area (Å²) in [5.74, 6) is -1.01. The molecule has 0 saturated carbocycles. The lowest BCUT2D eigenvalue weighted by Crippen LogP contribution is -1.95. The maximum Gasteiger partial charge on any atom is 0.353 e. The molecular formula is C12H9N3O2. The Labute approximate surface area is 96.1 Å². The molecule has 0 bridgehead atoms. The van der Waals surface area contributed by atoms with Crippen LogP contribution in [0.3, 0.4) is 0 Å². The van der Waals surface area contributed by atoms with E-state index in [2.05, 4.69) is 15.2 Å². The summed E-state index contributed by atoms with van der Waals surface area (Å²) < 4.78 is 0. The van der Waals surface area contributed by atoms with E-state index in [0.717, 1.165) is 16.5 Å². The highest BCUT2D eigenvalue weighted by Crippen LogP contribution is 2.22. The number of nitrogens with one attached hydrogen (secondary N) is 2. The lowest BCUT2D eigenvalue weighted by molar-refractivity contribution is 0.0690. The first-order valence-electron chi connectivity index (χ1n) is 5.10. The van der Waals surface area contributed by atoms with Gasteiger partial charge in [-0.3, -0.25) is 5.10 Å². The Morgan fingerprint density at radius 3 is 2.88 bits per heavy atom. The minimum absolute atomic E-state index is 0.0894. The van der Waals surface area contributed by atoms with Gasteiger partial charge in [0.05, 0.1) is 5.69 Å². The topological polar surface area (TPSA) is 81.8 Å². The highest BCUT2D eigenvalue weighted by Gasteiger charge is 2.09. The van der Waals surface area contributed by atoms with Crippen LogP contribution in [-0.2, 0) is 0 Å². The summed E-state index contributed by atoms with van der Waals surface area (Å²) in [6.45, 7) is 0. The van der Waals surface area contributed by atoms with Gasteiger partial charge < -0.3 is 10.1 Å². The molecule has 0 amide bonds. The van der Waals surface area contributed by atoms with E-state index in [4.69, 9.17) is 5.11 Å². The van der Waals surface area contributed by atoms with Crippen LogP contribution in [0.15, 0.2) is 36.5 Å². The number of carboxylic acid groups (broad SMARTS) is 1. The van der Waals surface area contributed by atoms with Gasteiger partial charge in [-0.2, -0.15) is 5.10 Å². The lowest BCUT2D eigenvalue weighted by Gasteiger charge is -1.96. The van der Waals surface area contributed by atoms with Crippen LogP contribution in [0.1, 0.15) is 10.5 Å². The summed E-state index contributed by atoms with van der Waals surface area (Å²) in [5.41, 5.74) is 2.59. The fraction of sp³-hybridized carbons (Fsp3) is 0. The molecule has 2 heterocycles. The molecular weight excluding hydrogens is 218 g/mol. The molecule has 17 heavy (non-hydrogen) atoms. The number of hydrogen-bond acceptors (Lipinski definition) is 2. The highest BCUT2D eigenvalue weighted by atomic mass is 16.4. The van der Waals surface area contributed by atoms with E-state index in [1.807, 2.05) is 30.5 Å². The zero-order valence-electron chi connectivity index (χ0n) is 8.77. The largest absolute Gasteiger partial charge is 0.477 e. The van der Waals surface area contributed by atoms with Gasteiger partial charge in [0, 0.05) is 17.3 Å². The Balaban J connectivity index is 2.09. The fourth-order valence-electron chi connectivity index (χ4n) is 1.79. The van der Waals surface area contributed by atoms with E-state index in [1.54, 1.807) is 0 Å². The number of rotatable bonds is 2. The molecule has 84 valence electrons. The van der Waals surface area contributed by atoms with Gasteiger partial charge in [0.2, 0.25) is 0 Å². The highest BCUT2D eigenvalue weighted by molar-refractivity contribution is 5.88. The van der Waals surface area contributed by atoms with Crippen molar-refractivity contribution < 1.29 is 9.90 Å². The van der Waals surface area contributed by atoms with E-state index in [1.165, 1.54) is 6.07 Å². The Morgan fingerprint density at radius 2 is 2.12 bits per heavy atom. The summed E-state index contributed by atoms with van der Waals surface area (Å²) in [6.07, 6.45) is 1.86. The van der Waals surface area contributed by atoms with E-state index in [-0.39, 0.29) is 5.69 Å². The Hall–Kier alpha value is -2.56. The average molecular weight is 227 g/mol. The zero-order valence-corrected chi connectivity index (χ0v) is 8.77. The van der Waals surface area contributed by atoms with Crippen molar-refractivity contribution in [3.05, 3.63) is 42.2 Å². The molecule has 0 saturated heterocycles. The van der Waals surface area contributed by atoms with Crippen molar-refractivity contribution >= 4 is 16.9 Å². The number of aromatic carboxylic acids is 1. The second kappa shape index (κ2) is 3.48. The molecule has 0 aliphatic heterocycles. The third kappa shape index (κ3) is 1.57. The molecule has 0 unspecified atom stereocenters. The Bertz CT molecular complexity index is 696. The molecule has 1 aromatic carbocycles. The first-order valence-corrected chi connectivity index (χ1v) is 5.10. The zero-order chi connectivity index (χ0) is 11.8. The van der Waals surface area contributed by atoms with Gasteiger partial charge in [0.25, 0.3) is 0 Å². The quantitative estimate of drug-likeness (QED) is 0.628. The van der Waals surface area contributed by atoms with E-state index in [0.29, 0.717) is 5.69 Å². The minimum atomic E-state index is -1.01. The summed E-state index contributed by atoms with van der Waals surface area (Å²) in [4.78, 5) is 13.8. The summed E-state index contributed by atoms with van der Waals surface area (Å²) in [5, 5.41) is 16.4. The van der Waals surface area contributed by atoms with Crippen LogP contribution in [0.4, 0.5) is 0 Å². The first-order chi connectivity index (χ1) is 8.24. The molecule has 5 heteroatoms. The molecule has 2 aromatic heterocycles. The number of carbonyl (C=O) groups is 1. The maximum atomic E-state index is 10.7. The molecule has 3 aromatic rings. The maximum absolute atomic E-state index is 10.7. The van der Waals surface area contributed by atoms with Gasteiger partial charge >= 0.3 is 5.97 Å². The lowest BCUT2D eigenvalue weighted by atomic mass is 10.1. The number of benzene rings is 1. The van der Waals surface area contributed by atoms with Gasteiger partial charge in [-0.1, -0.05) is 12.1 Å². The molecule has 3 N–H and O–H groups in total. The number of nitrogens with zero attached hydrogens (tertiary/aromatic N) is 1. The molecule has 0 spiro atoms. The molecule has 0 radical (unpaired) electrons. The van der Waals surface area contributed by atoms with Crippen molar-refractivity contribution in [1.82, 2.24) is 15.2 Å². The number of carboxylic acids is 1. The number of aromatic nitrogens is 3. The second-order valence-electron chi connectivity index (χ2n) is 3.75. The Morgan fingerprint density at radius 1 is 1.24 bits per heavy atom. The van der Waals surface area contributed by atoms with Crippen LogP contribution in [0.2, 0.25) is 0 Å². The van der Waals surface area contributed by atoms with Crippen molar-refractivity contribution in [3.8, 4) is 11.3 Å². The first kappa shape index (κ1) is 9.65. The van der Waals surface area contributed by atoms with Crippen LogP contribution >= 0.6 is 0 Å². The molecule has 0 atom stereocenters. The van der Waals surface area contributed by atoms with Gasteiger partial charge in [-0.15, -0.1) is 0 Å². The second-order valence-corrected chi connectivity index (χ2v) is 3.75. The monoisotopic (exact) mass is 227 g/mol. The number of fused-ring (bicyclic) bond motifs is 1. The van der Waals surface area contributed by atoms with Gasteiger partial charge in [-0.05, 0) is 23.6 Å². The van der Waals surface area contributed by atoms with Gasteiger partial charge in [-0.25, -0.2) is 4.79 Å². The third-order valence-corrected chi connectivity index (χ3v) is 2.66. The predicted octanol–water partition coefficient (Wildman–Crippen LogP) is 2.26. The fourth-order valence-corrected chi connectivity index (χ4v) is 1.79. The summed E-state index contributed by atoms with van der Waals surface area (Å²) in [6, 6.07) is 9.32. The van der Waals surface area contributed by atoms with Crippen LogP contribution < -0.4 is 0 Å². The average Bonchev–Trinajstić information content (AvgIpc) is 2.97. The molecule has 5 nitrogen and oxygen atoms in total. The Kier molecular flexibility index (Phi) is 1.98. The van der Waals surface area contributed by atoms with E-state index in [9.17, 15) is 4.79 Å². The van der Waals surface area contributed by atoms with Gasteiger partial charge in [0.1, 0.15) is 5.69 Å². The van der Waals surface area contributed by atoms with Crippen molar-refractivity contribution in [2.24, 2.45) is 0 Å². The standard InChI is InChI=1S/C12H9N3O2/c16-12(17)11-6-10(14-15-11)8-2-1-7-3-4-13-9(7)5-8/h1-6,13H,(H,14,15)(H,16,17). The summed E-state index contributed by atoms with van der Waals surface area (Å²) >= 11 is 0.